The highest BCUT2D eigenvalue weighted by atomic mass is 35.5. The van der Waals surface area contributed by atoms with Crippen LogP contribution in [-0.4, -0.2) is 21.1 Å². The number of hydrogen-bond donors (Lipinski definition) is 2. The quantitative estimate of drug-likeness (QED) is 0.775. The van der Waals surface area contributed by atoms with Gasteiger partial charge in [-0.15, -0.1) is 0 Å². The van der Waals surface area contributed by atoms with Crippen molar-refractivity contribution in [1.29, 1.82) is 0 Å². The molecule has 0 bridgehead atoms. The smallest absolute Gasteiger partial charge is 0.225 e. The van der Waals surface area contributed by atoms with Crippen LogP contribution in [0.3, 0.4) is 0 Å². The second-order valence-corrected chi connectivity index (χ2v) is 5.56. The molecule has 3 rings (SSSR count). The molecule has 0 fully saturated rings. The molecular weight excluding hydrogens is 296 g/mol. The van der Waals surface area contributed by atoms with E-state index in [4.69, 9.17) is 11.6 Å². The van der Waals surface area contributed by atoms with Gasteiger partial charge in [0.05, 0.1) is 5.69 Å². The van der Waals surface area contributed by atoms with Crippen LogP contribution in [0.5, 0.6) is 0 Å². The number of benzene rings is 1. The standard InChI is InChI=1S/C13H11ClN4OS/c1-2-9(19)15-13-16-12-11(20-13)10(17-18-12)7-5-3-4-6-8(7)14/h3-6H,2H2,1H3,(H2,15,16,17,18,19). The summed E-state index contributed by atoms with van der Waals surface area (Å²) in [5, 5.41) is 11.0. The predicted octanol–water partition coefficient (Wildman–Crippen LogP) is 3.69. The summed E-state index contributed by atoms with van der Waals surface area (Å²) in [4.78, 5) is 15.7. The van der Waals surface area contributed by atoms with Gasteiger partial charge >= 0.3 is 0 Å². The summed E-state index contributed by atoms with van der Waals surface area (Å²) < 4.78 is 0.879. The summed E-state index contributed by atoms with van der Waals surface area (Å²) in [5.41, 5.74) is 2.27. The minimum Gasteiger partial charge on any atom is -0.302 e. The molecule has 1 aromatic carbocycles. The zero-order valence-corrected chi connectivity index (χ0v) is 12.2. The van der Waals surface area contributed by atoms with Crippen molar-refractivity contribution in [3.8, 4) is 11.3 Å². The van der Waals surface area contributed by atoms with Crippen LogP contribution in [0.15, 0.2) is 24.3 Å². The number of nitrogens with zero attached hydrogens (tertiary/aromatic N) is 2. The lowest BCUT2D eigenvalue weighted by molar-refractivity contribution is -0.115. The van der Waals surface area contributed by atoms with E-state index in [9.17, 15) is 4.79 Å². The lowest BCUT2D eigenvalue weighted by atomic mass is 10.1. The number of anilines is 1. The zero-order valence-electron chi connectivity index (χ0n) is 10.6. The fraction of sp³-hybridized carbons (Fsp3) is 0.154. The maximum Gasteiger partial charge on any atom is 0.225 e. The van der Waals surface area contributed by atoms with Gasteiger partial charge in [0.1, 0.15) is 4.70 Å². The van der Waals surface area contributed by atoms with E-state index < -0.39 is 0 Å². The van der Waals surface area contributed by atoms with E-state index in [1.807, 2.05) is 24.3 Å². The van der Waals surface area contributed by atoms with Gasteiger partial charge in [0.15, 0.2) is 10.8 Å². The zero-order chi connectivity index (χ0) is 14.1. The van der Waals surface area contributed by atoms with Crippen LogP contribution in [0.1, 0.15) is 13.3 Å². The number of carbonyl (C=O) groups excluding carboxylic acids is 1. The fourth-order valence-electron chi connectivity index (χ4n) is 1.82. The molecule has 0 aliphatic rings. The molecule has 102 valence electrons. The number of halogens is 1. The van der Waals surface area contributed by atoms with E-state index in [0.29, 0.717) is 22.2 Å². The molecule has 0 saturated carbocycles. The van der Waals surface area contributed by atoms with Gasteiger partial charge in [0.25, 0.3) is 0 Å². The molecule has 0 saturated heterocycles. The van der Waals surface area contributed by atoms with Crippen molar-refractivity contribution < 1.29 is 4.79 Å². The largest absolute Gasteiger partial charge is 0.302 e. The van der Waals surface area contributed by atoms with Crippen LogP contribution >= 0.6 is 22.9 Å². The predicted molar refractivity (Wildman–Crippen MR) is 81.1 cm³/mol. The lowest BCUT2D eigenvalue weighted by Crippen LogP contribution is -2.08. The minimum absolute atomic E-state index is 0.0651. The average molecular weight is 307 g/mol. The molecule has 20 heavy (non-hydrogen) atoms. The normalized spacial score (nSPS) is 10.9. The molecule has 5 nitrogen and oxygen atoms in total. The Labute approximate surface area is 124 Å². The third-order valence-electron chi connectivity index (χ3n) is 2.82. The molecule has 2 aromatic heterocycles. The highest BCUT2D eigenvalue weighted by Gasteiger charge is 2.15. The second-order valence-electron chi connectivity index (χ2n) is 4.15. The Balaban J connectivity index is 2.05. The van der Waals surface area contributed by atoms with Gasteiger partial charge in [-0.05, 0) is 6.07 Å². The van der Waals surface area contributed by atoms with Crippen LogP contribution < -0.4 is 5.32 Å². The van der Waals surface area contributed by atoms with Gasteiger partial charge in [0, 0.05) is 17.0 Å². The van der Waals surface area contributed by atoms with Crippen molar-refractivity contribution >= 4 is 44.3 Å². The van der Waals surface area contributed by atoms with Crippen LogP contribution in [0.25, 0.3) is 21.6 Å². The molecule has 0 radical (unpaired) electrons. The van der Waals surface area contributed by atoms with E-state index in [1.54, 1.807) is 6.92 Å². The first kappa shape index (κ1) is 13.1. The number of thiazole rings is 1. The first-order chi connectivity index (χ1) is 9.69. The molecule has 1 amide bonds. The highest BCUT2D eigenvalue weighted by molar-refractivity contribution is 7.22. The number of rotatable bonds is 3. The summed E-state index contributed by atoms with van der Waals surface area (Å²) in [6, 6.07) is 7.53. The van der Waals surface area contributed by atoms with Crippen molar-refractivity contribution in [1.82, 2.24) is 15.2 Å². The molecule has 0 unspecified atom stereocenters. The van der Waals surface area contributed by atoms with E-state index in [-0.39, 0.29) is 5.91 Å². The highest BCUT2D eigenvalue weighted by Crippen LogP contribution is 2.36. The lowest BCUT2D eigenvalue weighted by Gasteiger charge is -2.00. The van der Waals surface area contributed by atoms with Crippen LogP contribution in [0, 0.1) is 0 Å². The van der Waals surface area contributed by atoms with Crippen molar-refractivity contribution in [2.45, 2.75) is 13.3 Å². The van der Waals surface area contributed by atoms with Crippen molar-refractivity contribution in [3.63, 3.8) is 0 Å². The Morgan fingerprint density at radius 1 is 1.45 bits per heavy atom. The number of aromatic amines is 1. The number of carbonyl (C=O) groups is 1. The van der Waals surface area contributed by atoms with Gasteiger partial charge in [-0.3, -0.25) is 9.89 Å². The first-order valence-electron chi connectivity index (χ1n) is 6.08. The molecule has 0 aliphatic heterocycles. The van der Waals surface area contributed by atoms with Crippen LogP contribution in [0.4, 0.5) is 5.13 Å². The molecule has 3 aromatic rings. The maximum atomic E-state index is 11.4. The molecule has 0 spiro atoms. The summed E-state index contributed by atoms with van der Waals surface area (Å²) in [6.45, 7) is 1.80. The van der Waals surface area contributed by atoms with Crippen LogP contribution in [0.2, 0.25) is 5.02 Å². The number of fused-ring (bicyclic) bond motifs is 1. The molecule has 0 aliphatic carbocycles. The number of amides is 1. The number of aromatic nitrogens is 3. The monoisotopic (exact) mass is 306 g/mol. The molecule has 7 heteroatoms. The molecule has 2 N–H and O–H groups in total. The maximum absolute atomic E-state index is 11.4. The SMILES string of the molecule is CCC(=O)Nc1nc2n[nH]c(-c3ccccc3Cl)c2s1. The topological polar surface area (TPSA) is 70.7 Å². The summed E-state index contributed by atoms with van der Waals surface area (Å²) >= 11 is 7.58. The molecular formula is C13H11ClN4OS. The van der Waals surface area contributed by atoms with Gasteiger partial charge in [-0.2, -0.15) is 10.1 Å². The number of hydrogen-bond acceptors (Lipinski definition) is 4. The summed E-state index contributed by atoms with van der Waals surface area (Å²) in [7, 11) is 0. The number of nitrogens with one attached hydrogen (secondary N) is 2. The number of H-pyrrole nitrogens is 1. The van der Waals surface area contributed by atoms with Crippen molar-refractivity contribution in [2.75, 3.05) is 5.32 Å². The van der Waals surface area contributed by atoms with Crippen molar-refractivity contribution in [3.05, 3.63) is 29.3 Å². The third kappa shape index (κ3) is 2.28. The Morgan fingerprint density at radius 2 is 2.25 bits per heavy atom. The van der Waals surface area contributed by atoms with E-state index in [0.717, 1.165) is 16.0 Å². The second kappa shape index (κ2) is 5.22. The Bertz CT molecular complexity index is 780. The molecule has 0 atom stereocenters. The Hall–Kier alpha value is -1.92. The van der Waals surface area contributed by atoms with Gasteiger partial charge in [-0.1, -0.05) is 48.1 Å². The first-order valence-corrected chi connectivity index (χ1v) is 7.28. The van der Waals surface area contributed by atoms with E-state index in [1.165, 1.54) is 11.3 Å². The van der Waals surface area contributed by atoms with Crippen LogP contribution in [-0.2, 0) is 4.79 Å². The minimum atomic E-state index is -0.0651. The third-order valence-corrected chi connectivity index (χ3v) is 4.13. The van der Waals surface area contributed by atoms with Gasteiger partial charge < -0.3 is 5.32 Å². The van der Waals surface area contributed by atoms with Gasteiger partial charge in [-0.25, -0.2) is 0 Å². The fourth-order valence-corrected chi connectivity index (χ4v) is 2.98. The van der Waals surface area contributed by atoms with Crippen molar-refractivity contribution in [2.24, 2.45) is 0 Å². The average Bonchev–Trinajstić information content (AvgIpc) is 2.99. The van der Waals surface area contributed by atoms with Gasteiger partial charge in [0.2, 0.25) is 5.91 Å². The van der Waals surface area contributed by atoms with E-state index >= 15 is 0 Å². The Kier molecular flexibility index (Phi) is 3.42. The molecule has 2 heterocycles. The Morgan fingerprint density at radius 3 is 3.00 bits per heavy atom. The van der Waals surface area contributed by atoms with E-state index in [2.05, 4.69) is 20.5 Å². The summed E-state index contributed by atoms with van der Waals surface area (Å²) in [5.74, 6) is -0.0651. The summed E-state index contributed by atoms with van der Waals surface area (Å²) in [6.07, 6.45) is 0.417.